The number of ether oxygens (including phenoxy) is 10. The summed E-state index contributed by atoms with van der Waals surface area (Å²) in [4.78, 5) is 24.4. The summed E-state index contributed by atoms with van der Waals surface area (Å²) in [5.74, 6) is -6.00. The number of carbonyl (C=O) groups is 2. The van der Waals surface area contributed by atoms with Gasteiger partial charge in [-0.25, -0.2) is 4.79 Å². The number of aliphatic carboxylic acids is 1. The number of nitrogens with one attached hydrogen (secondary N) is 1. The molecule has 5 aliphatic rings. The number of carboxylic acids is 1. The Hall–Kier alpha value is -1.78. The third kappa shape index (κ3) is 9.11. The number of fused-ring (bicyclic) bond motifs is 1. The maximum absolute atomic E-state index is 12.4. The van der Waals surface area contributed by atoms with Gasteiger partial charge in [0.05, 0.1) is 44.7 Å². The summed E-state index contributed by atoms with van der Waals surface area (Å²) in [6.07, 6.45) is -22.4. The van der Waals surface area contributed by atoms with Crippen LogP contribution >= 0.6 is 0 Å². The van der Waals surface area contributed by atoms with E-state index in [4.69, 9.17) is 53.1 Å². The zero-order chi connectivity index (χ0) is 40.5. The molecule has 22 heteroatoms. The Kier molecular flexibility index (Phi) is 14.9. The van der Waals surface area contributed by atoms with Gasteiger partial charge in [-0.2, -0.15) is 0 Å². The molecule has 55 heavy (non-hydrogen) atoms. The largest absolute Gasteiger partial charge is 0.477 e. The van der Waals surface area contributed by atoms with E-state index in [1.165, 1.54) is 13.8 Å². The standard InChI is InChI=1S/C33H56N2O20/c1-11-23(20(41)15(8-36)48-28(11)46-7-6-34)52-31-27-26(54-33(5,55-27)32(44)45)25(17(10-38)50-31)53-29-12(2)24(21(42)16(9-37)49-29)51-30-18(35-14(4)39)22(43)19(40)13(3)47-30/h11-13,15-31,36-38,40-43H,6-10,34H2,1-5H3,(H,35,39)(H,44,45)/t11?,12?,13?,15?,16?,17?,18?,19?,20?,21?,22?,23?,24?,25?,26?,27?,28?,29?,30?,31?,33-/m0/s1. The molecule has 5 heterocycles. The first-order chi connectivity index (χ1) is 26.0. The van der Waals surface area contributed by atoms with Gasteiger partial charge in [-0.3, -0.25) is 4.79 Å². The van der Waals surface area contributed by atoms with Crippen molar-refractivity contribution in [1.29, 1.82) is 0 Å². The number of rotatable bonds is 14. The van der Waals surface area contributed by atoms with Gasteiger partial charge < -0.3 is 99.3 Å². The van der Waals surface area contributed by atoms with E-state index in [-0.39, 0.29) is 13.2 Å². The second-order valence-corrected chi connectivity index (χ2v) is 14.7. The number of hydrogen-bond acceptors (Lipinski definition) is 20. The van der Waals surface area contributed by atoms with Gasteiger partial charge in [-0.15, -0.1) is 0 Å². The van der Waals surface area contributed by atoms with Crippen LogP contribution < -0.4 is 11.1 Å². The van der Waals surface area contributed by atoms with Crippen LogP contribution in [0.25, 0.3) is 0 Å². The maximum Gasteiger partial charge on any atom is 0.364 e. The average Bonchev–Trinajstić information content (AvgIpc) is 3.52. The van der Waals surface area contributed by atoms with E-state index in [0.717, 1.165) is 6.92 Å². The molecule has 5 saturated heterocycles. The summed E-state index contributed by atoms with van der Waals surface area (Å²) in [7, 11) is 0. The molecule has 11 N–H and O–H groups in total. The van der Waals surface area contributed by atoms with E-state index in [2.05, 4.69) is 5.32 Å². The summed E-state index contributed by atoms with van der Waals surface area (Å²) in [6, 6.07) is -1.27. The molecule has 21 atom stereocenters. The molecule has 1 amide bonds. The predicted molar refractivity (Wildman–Crippen MR) is 177 cm³/mol. The Bertz CT molecular complexity index is 1290. The quantitative estimate of drug-likeness (QED) is 0.0785. The molecule has 0 aromatic carbocycles. The highest BCUT2D eigenvalue weighted by Crippen LogP contribution is 2.43. The fourth-order valence-electron chi connectivity index (χ4n) is 7.55. The monoisotopic (exact) mass is 800 g/mol. The molecule has 0 aliphatic carbocycles. The molecular formula is C33H56N2O20. The number of amides is 1. The van der Waals surface area contributed by atoms with Crippen molar-refractivity contribution < 1.29 is 97.8 Å². The van der Waals surface area contributed by atoms with Crippen LogP contribution in [0.3, 0.4) is 0 Å². The van der Waals surface area contributed by atoms with Crippen molar-refractivity contribution in [3.8, 4) is 0 Å². The molecule has 0 saturated carbocycles. The SMILES string of the molecule is CC(=O)NC1C(OC2C(C)C(OC3C(CO)OC(OC4C(C)C(OCCN)OC(CO)C4O)C4O[C@@](C)(C(=O)O)OC34)OC(CO)C2O)OC(C)C(O)C1O. The van der Waals surface area contributed by atoms with Crippen LogP contribution in [0, 0.1) is 11.8 Å². The second kappa shape index (κ2) is 18.4. The van der Waals surface area contributed by atoms with Crippen molar-refractivity contribution in [1.82, 2.24) is 5.32 Å². The molecule has 5 fully saturated rings. The predicted octanol–water partition coefficient (Wildman–Crippen LogP) is -5.18. The van der Waals surface area contributed by atoms with E-state index >= 15 is 0 Å². The zero-order valence-electron chi connectivity index (χ0n) is 31.1. The topological polar surface area (TPSA) is 326 Å². The summed E-state index contributed by atoms with van der Waals surface area (Å²) in [5.41, 5.74) is 5.58. The van der Waals surface area contributed by atoms with E-state index < -0.39 is 160 Å². The highest BCUT2D eigenvalue weighted by atomic mass is 16.8. The summed E-state index contributed by atoms with van der Waals surface area (Å²) < 4.78 is 59.9. The Labute approximate surface area is 316 Å². The lowest BCUT2D eigenvalue weighted by Crippen LogP contribution is -2.66. The normalized spacial score (nSPS) is 49.0. The fraction of sp³-hybridized carbons (Fsp3) is 0.939. The smallest absolute Gasteiger partial charge is 0.364 e. The first-order valence-corrected chi connectivity index (χ1v) is 18.3. The van der Waals surface area contributed by atoms with Gasteiger partial charge in [0.25, 0.3) is 5.79 Å². The van der Waals surface area contributed by atoms with Gasteiger partial charge in [0.15, 0.2) is 25.2 Å². The molecule has 5 aliphatic heterocycles. The third-order valence-electron chi connectivity index (χ3n) is 10.7. The Morgan fingerprint density at radius 3 is 1.75 bits per heavy atom. The minimum atomic E-state index is -2.28. The van der Waals surface area contributed by atoms with Crippen molar-refractivity contribution in [3.63, 3.8) is 0 Å². The zero-order valence-corrected chi connectivity index (χ0v) is 31.1. The van der Waals surface area contributed by atoms with E-state index in [1.807, 2.05) is 0 Å². The van der Waals surface area contributed by atoms with Crippen molar-refractivity contribution >= 4 is 11.9 Å². The molecule has 22 nitrogen and oxygen atoms in total. The molecule has 0 bridgehead atoms. The molecule has 318 valence electrons. The van der Waals surface area contributed by atoms with Gasteiger partial charge in [0.1, 0.15) is 67.1 Å². The van der Waals surface area contributed by atoms with Crippen LogP contribution in [0.2, 0.25) is 0 Å². The number of carbonyl (C=O) groups excluding carboxylic acids is 1. The Morgan fingerprint density at radius 1 is 0.691 bits per heavy atom. The van der Waals surface area contributed by atoms with Crippen LogP contribution in [0.15, 0.2) is 0 Å². The van der Waals surface area contributed by atoms with Crippen LogP contribution in [0.5, 0.6) is 0 Å². The summed E-state index contributed by atoms with van der Waals surface area (Å²) in [5, 5.41) is 86.8. The molecule has 0 aromatic heterocycles. The van der Waals surface area contributed by atoms with Gasteiger partial charge in [-0.1, -0.05) is 13.8 Å². The van der Waals surface area contributed by atoms with Crippen LogP contribution in [0.4, 0.5) is 0 Å². The lowest BCUT2D eigenvalue weighted by atomic mass is 9.90. The van der Waals surface area contributed by atoms with Crippen LogP contribution in [-0.2, 0) is 57.0 Å². The Balaban J connectivity index is 1.41. The highest BCUT2D eigenvalue weighted by molar-refractivity contribution is 5.75. The van der Waals surface area contributed by atoms with Crippen molar-refractivity contribution in [2.75, 3.05) is 33.0 Å². The summed E-state index contributed by atoms with van der Waals surface area (Å²) >= 11 is 0. The van der Waals surface area contributed by atoms with Crippen LogP contribution in [-0.4, -0.2) is 202 Å². The molecule has 0 spiro atoms. The van der Waals surface area contributed by atoms with Gasteiger partial charge in [-0.05, 0) is 6.92 Å². The average molecular weight is 801 g/mol. The lowest BCUT2D eigenvalue weighted by Gasteiger charge is -2.50. The van der Waals surface area contributed by atoms with Crippen molar-refractivity contribution in [2.45, 2.75) is 151 Å². The fourth-order valence-corrected chi connectivity index (χ4v) is 7.55. The minimum Gasteiger partial charge on any atom is -0.477 e. The number of hydrogen-bond donors (Lipinski definition) is 10. The van der Waals surface area contributed by atoms with E-state index in [0.29, 0.717) is 0 Å². The molecule has 0 aromatic rings. The van der Waals surface area contributed by atoms with Crippen molar-refractivity contribution in [2.24, 2.45) is 17.6 Å². The minimum absolute atomic E-state index is 0.0929. The number of nitrogens with two attached hydrogens (primary N) is 1. The van der Waals surface area contributed by atoms with Crippen LogP contribution in [0.1, 0.15) is 34.6 Å². The summed E-state index contributed by atoms with van der Waals surface area (Å²) in [6.45, 7) is 5.19. The van der Waals surface area contributed by atoms with E-state index in [9.17, 15) is 50.4 Å². The second-order valence-electron chi connectivity index (χ2n) is 14.7. The number of carboxylic acid groups (broad SMARTS) is 1. The first kappa shape index (κ1) is 44.3. The van der Waals surface area contributed by atoms with E-state index in [1.54, 1.807) is 13.8 Å². The maximum atomic E-state index is 12.4. The van der Waals surface area contributed by atoms with Crippen molar-refractivity contribution in [3.05, 3.63) is 0 Å². The Morgan fingerprint density at radius 2 is 1.20 bits per heavy atom. The molecule has 5 rings (SSSR count). The molecule has 20 unspecified atom stereocenters. The molecule has 0 radical (unpaired) electrons. The van der Waals surface area contributed by atoms with Gasteiger partial charge in [0, 0.05) is 32.2 Å². The lowest BCUT2D eigenvalue weighted by molar-refractivity contribution is -0.369. The van der Waals surface area contributed by atoms with Gasteiger partial charge >= 0.3 is 5.97 Å². The number of aliphatic hydroxyl groups is 7. The first-order valence-electron chi connectivity index (χ1n) is 18.3. The third-order valence-corrected chi connectivity index (χ3v) is 10.7. The highest BCUT2D eigenvalue weighted by Gasteiger charge is 2.62. The van der Waals surface area contributed by atoms with Gasteiger partial charge in [0.2, 0.25) is 5.91 Å². The number of aliphatic hydroxyl groups excluding tert-OH is 7. The molecular weight excluding hydrogens is 744 g/mol.